The Morgan fingerprint density at radius 2 is 1.96 bits per heavy atom. The van der Waals surface area contributed by atoms with Crippen LogP contribution in [-0.4, -0.2) is 22.9 Å². The molecule has 2 N–H and O–H groups in total. The third kappa shape index (κ3) is 3.06. The van der Waals surface area contributed by atoms with Gasteiger partial charge in [-0.25, -0.2) is 9.89 Å². The zero-order valence-corrected chi connectivity index (χ0v) is 12.5. The highest BCUT2D eigenvalue weighted by Crippen LogP contribution is 2.26. The molecule has 0 saturated heterocycles. The Labute approximate surface area is 132 Å². The summed E-state index contributed by atoms with van der Waals surface area (Å²) in [5.41, 5.74) is 1.79. The maximum absolute atomic E-state index is 11.9. The van der Waals surface area contributed by atoms with Crippen molar-refractivity contribution < 1.29 is 9.53 Å². The van der Waals surface area contributed by atoms with Crippen LogP contribution in [0.5, 0.6) is 0 Å². The van der Waals surface area contributed by atoms with E-state index in [4.69, 9.17) is 4.74 Å². The van der Waals surface area contributed by atoms with Crippen LogP contribution in [0, 0.1) is 0 Å². The van der Waals surface area contributed by atoms with E-state index in [-0.39, 0.29) is 5.56 Å². The lowest BCUT2D eigenvalue weighted by molar-refractivity contribution is 0.168. The number of hydrogen-bond donors (Lipinski definition) is 2. The number of ether oxygens (including phenoxy) is 1. The van der Waals surface area contributed by atoms with Crippen LogP contribution in [0.3, 0.4) is 0 Å². The molecule has 0 bridgehead atoms. The summed E-state index contributed by atoms with van der Waals surface area (Å²) in [6.45, 7) is 2.05. The first-order valence-corrected chi connectivity index (χ1v) is 7.20. The molecule has 0 spiro atoms. The van der Waals surface area contributed by atoms with Gasteiger partial charge in [0.15, 0.2) is 0 Å². The molecule has 3 aromatic rings. The quantitative estimate of drug-likeness (QED) is 0.778. The molecule has 0 atom stereocenters. The summed E-state index contributed by atoms with van der Waals surface area (Å²) in [6, 6.07) is 14.5. The van der Waals surface area contributed by atoms with Gasteiger partial charge in [-0.05, 0) is 25.1 Å². The van der Waals surface area contributed by atoms with Gasteiger partial charge in [-0.15, -0.1) is 0 Å². The Balaban J connectivity index is 2.04. The first-order chi connectivity index (χ1) is 11.2. The number of aromatic nitrogens is 2. The number of nitrogens with one attached hydrogen (secondary N) is 2. The Morgan fingerprint density at radius 3 is 2.74 bits per heavy atom. The van der Waals surface area contributed by atoms with Gasteiger partial charge in [-0.2, -0.15) is 5.10 Å². The molecule has 0 aliphatic rings. The highest BCUT2D eigenvalue weighted by molar-refractivity contribution is 5.94. The first-order valence-electron chi connectivity index (χ1n) is 7.20. The van der Waals surface area contributed by atoms with Crippen LogP contribution in [0.4, 0.5) is 10.5 Å². The van der Waals surface area contributed by atoms with Gasteiger partial charge in [0.25, 0.3) is 5.56 Å². The Kier molecular flexibility index (Phi) is 4.05. The van der Waals surface area contributed by atoms with E-state index in [1.807, 2.05) is 18.2 Å². The number of carbonyl (C=O) groups is 1. The maximum Gasteiger partial charge on any atom is 0.411 e. The van der Waals surface area contributed by atoms with Crippen molar-refractivity contribution in [1.29, 1.82) is 0 Å². The van der Waals surface area contributed by atoms with Gasteiger partial charge >= 0.3 is 6.09 Å². The molecule has 0 fully saturated rings. The number of benzene rings is 2. The molecule has 0 aliphatic carbocycles. The highest BCUT2D eigenvalue weighted by atomic mass is 16.5. The summed E-state index contributed by atoms with van der Waals surface area (Å²) in [5.74, 6) is 0. The summed E-state index contributed by atoms with van der Waals surface area (Å²) < 4.78 is 4.86. The minimum atomic E-state index is -0.510. The zero-order valence-electron chi connectivity index (χ0n) is 12.5. The van der Waals surface area contributed by atoms with Crippen molar-refractivity contribution >= 4 is 22.6 Å². The predicted octanol–water partition coefficient (Wildman–Crippen LogP) is 3.16. The predicted molar refractivity (Wildman–Crippen MR) is 88.4 cm³/mol. The highest BCUT2D eigenvalue weighted by Gasteiger charge is 2.09. The van der Waals surface area contributed by atoms with Gasteiger partial charge in [0, 0.05) is 16.6 Å². The second-order valence-corrected chi connectivity index (χ2v) is 4.87. The third-order valence-electron chi connectivity index (χ3n) is 3.35. The summed E-state index contributed by atoms with van der Waals surface area (Å²) >= 11 is 0. The Bertz CT molecular complexity index is 918. The van der Waals surface area contributed by atoms with Gasteiger partial charge in [0.05, 0.1) is 17.7 Å². The van der Waals surface area contributed by atoms with Crippen LogP contribution in [0.1, 0.15) is 6.92 Å². The summed E-state index contributed by atoms with van der Waals surface area (Å²) in [7, 11) is 0. The lowest BCUT2D eigenvalue weighted by Crippen LogP contribution is -2.13. The maximum atomic E-state index is 11.9. The molecule has 6 nitrogen and oxygen atoms in total. The molecule has 0 aliphatic heterocycles. The van der Waals surface area contributed by atoms with E-state index in [1.165, 1.54) is 0 Å². The fraction of sp³-hybridized carbons (Fsp3) is 0.118. The summed E-state index contributed by atoms with van der Waals surface area (Å²) in [4.78, 5) is 23.4. The van der Waals surface area contributed by atoms with Crippen molar-refractivity contribution in [3.05, 3.63) is 58.9 Å². The SMILES string of the molecule is CCOC(=O)Nc1cccc(-c2n[nH]c(=O)c3ccccc23)c1. The largest absolute Gasteiger partial charge is 0.450 e. The molecule has 0 radical (unpaired) electrons. The van der Waals surface area contributed by atoms with Gasteiger partial charge in [-0.3, -0.25) is 10.1 Å². The molecule has 1 amide bonds. The van der Waals surface area contributed by atoms with Crippen LogP contribution in [-0.2, 0) is 4.74 Å². The topological polar surface area (TPSA) is 84.1 Å². The van der Waals surface area contributed by atoms with E-state index in [0.29, 0.717) is 23.4 Å². The smallest absolute Gasteiger partial charge is 0.411 e. The average Bonchev–Trinajstić information content (AvgIpc) is 2.56. The van der Waals surface area contributed by atoms with Gasteiger partial charge in [0.1, 0.15) is 0 Å². The number of carbonyl (C=O) groups excluding carboxylic acids is 1. The van der Waals surface area contributed by atoms with E-state index in [9.17, 15) is 9.59 Å². The number of anilines is 1. The van der Waals surface area contributed by atoms with Gasteiger partial charge < -0.3 is 4.74 Å². The fourth-order valence-corrected chi connectivity index (χ4v) is 2.36. The molecular formula is C17H15N3O3. The second kappa shape index (κ2) is 6.31. The molecule has 1 aromatic heterocycles. The molecule has 0 unspecified atom stereocenters. The van der Waals surface area contributed by atoms with Gasteiger partial charge in [-0.1, -0.05) is 30.3 Å². The Morgan fingerprint density at radius 1 is 1.17 bits per heavy atom. The number of amides is 1. The number of fused-ring (bicyclic) bond motifs is 1. The fourth-order valence-electron chi connectivity index (χ4n) is 2.36. The van der Waals surface area contributed by atoms with Crippen LogP contribution in [0.15, 0.2) is 53.3 Å². The number of hydrogen-bond acceptors (Lipinski definition) is 4. The van der Waals surface area contributed by atoms with E-state index >= 15 is 0 Å². The van der Waals surface area contributed by atoms with E-state index in [2.05, 4.69) is 15.5 Å². The first kappa shape index (κ1) is 14.8. The number of nitrogens with zero attached hydrogens (tertiary/aromatic N) is 1. The monoisotopic (exact) mass is 309 g/mol. The standard InChI is InChI=1S/C17H15N3O3/c1-2-23-17(22)18-12-7-5-6-11(10-12)15-13-8-3-4-9-14(13)16(21)20-19-15/h3-10H,2H2,1H3,(H,18,22)(H,20,21). The molecule has 23 heavy (non-hydrogen) atoms. The molecule has 3 rings (SSSR count). The van der Waals surface area contributed by atoms with E-state index in [0.717, 1.165) is 10.9 Å². The number of H-pyrrole nitrogens is 1. The van der Waals surface area contributed by atoms with Crippen molar-refractivity contribution in [2.75, 3.05) is 11.9 Å². The Hall–Kier alpha value is -3.15. The molecule has 0 saturated carbocycles. The summed E-state index contributed by atoms with van der Waals surface area (Å²) in [6.07, 6.45) is -0.510. The minimum absolute atomic E-state index is 0.231. The molecule has 6 heteroatoms. The van der Waals surface area contributed by atoms with Crippen molar-refractivity contribution in [3.63, 3.8) is 0 Å². The van der Waals surface area contributed by atoms with Crippen molar-refractivity contribution in [2.24, 2.45) is 0 Å². The van der Waals surface area contributed by atoms with Crippen LogP contribution in [0.2, 0.25) is 0 Å². The molecular weight excluding hydrogens is 294 g/mol. The van der Waals surface area contributed by atoms with Crippen molar-refractivity contribution in [2.45, 2.75) is 6.92 Å². The van der Waals surface area contributed by atoms with Crippen molar-refractivity contribution in [1.82, 2.24) is 10.2 Å². The molecule has 116 valence electrons. The second-order valence-electron chi connectivity index (χ2n) is 4.87. The van der Waals surface area contributed by atoms with Crippen LogP contribution < -0.4 is 10.9 Å². The number of rotatable bonds is 3. The van der Waals surface area contributed by atoms with Crippen molar-refractivity contribution in [3.8, 4) is 11.3 Å². The molecule has 1 heterocycles. The number of aromatic amines is 1. The average molecular weight is 309 g/mol. The van der Waals surface area contributed by atoms with E-state index in [1.54, 1.807) is 37.3 Å². The lowest BCUT2D eigenvalue weighted by atomic mass is 10.0. The van der Waals surface area contributed by atoms with E-state index < -0.39 is 6.09 Å². The summed E-state index contributed by atoms with van der Waals surface area (Å²) in [5, 5.41) is 10.6. The zero-order chi connectivity index (χ0) is 16.2. The lowest BCUT2D eigenvalue weighted by Gasteiger charge is -2.08. The minimum Gasteiger partial charge on any atom is -0.450 e. The third-order valence-corrected chi connectivity index (χ3v) is 3.35. The molecule has 2 aromatic carbocycles. The van der Waals surface area contributed by atoms with Crippen LogP contribution in [0.25, 0.3) is 22.0 Å². The van der Waals surface area contributed by atoms with Gasteiger partial charge in [0.2, 0.25) is 0 Å². The van der Waals surface area contributed by atoms with Crippen LogP contribution >= 0.6 is 0 Å². The normalized spacial score (nSPS) is 10.5.